The maximum absolute atomic E-state index is 12.4. The molecule has 1 fully saturated rings. The average molecular weight is 264 g/mol. The maximum atomic E-state index is 12.4. The van der Waals surface area contributed by atoms with Crippen LogP contribution in [0.5, 0.6) is 0 Å². The van der Waals surface area contributed by atoms with Gasteiger partial charge in [0.1, 0.15) is 5.54 Å². The summed E-state index contributed by atoms with van der Waals surface area (Å²) in [4.78, 5) is 25.5. The monoisotopic (exact) mass is 264 g/mol. The Morgan fingerprint density at radius 3 is 2.56 bits per heavy atom. The van der Waals surface area contributed by atoms with Gasteiger partial charge in [0, 0.05) is 12.3 Å². The van der Waals surface area contributed by atoms with Crippen LogP contribution in [-0.2, 0) is 10.3 Å². The highest BCUT2D eigenvalue weighted by atomic mass is 32.2. The van der Waals surface area contributed by atoms with E-state index in [2.05, 4.69) is 5.32 Å². The number of nitrogens with one attached hydrogen (secondary N) is 1. The molecule has 1 aromatic rings. The minimum absolute atomic E-state index is 0.173. The van der Waals surface area contributed by atoms with Crippen LogP contribution in [0.2, 0.25) is 0 Å². The number of carbonyl (C=O) groups excluding carboxylic acids is 2. The Labute approximate surface area is 111 Å². The van der Waals surface area contributed by atoms with Gasteiger partial charge in [-0.3, -0.25) is 9.69 Å². The lowest BCUT2D eigenvalue weighted by molar-refractivity contribution is -0.130. The molecule has 4 nitrogen and oxygen atoms in total. The maximum Gasteiger partial charge on any atom is 0.325 e. The fourth-order valence-electron chi connectivity index (χ4n) is 2.05. The molecule has 2 rings (SSSR count). The van der Waals surface area contributed by atoms with E-state index in [9.17, 15) is 9.59 Å². The topological polar surface area (TPSA) is 49.4 Å². The lowest BCUT2D eigenvalue weighted by Crippen LogP contribution is -2.41. The Morgan fingerprint density at radius 2 is 1.94 bits per heavy atom. The number of urea groups is 1. The van der Waals surface area contributed by atoms with Crippen LogP contribution < -0.4 is 5.32 Å². The number of hydrogen-bond acceptors (Lipinski definition) is 3. The zero-order valence-corrected chi connectivity index (χ0v) is 11.3. The number of carbonyl (C=O) groups is 2. The molecule has 0 spiro atoms. The Hall–Kier alpha value is -1.49. The lowest BCUT2D eigenvalue weighted by atomic mass is 9.92. The van der Waals surface area contributed by atoms with Crippen molar-refractivity contribution < 1.29 is 9.59 Å². The molecule has 1 atom stereocenters. The minimum Gasteiger partial charge on any atom is -0.319 e. The van der Waals surface area contributed by atoms with E-state index in [-0.39, 0.29) is 11.9 Å². The van der Waals surface area contributed by atoms with Crippen molar-refractivity contribution in [2.75, 3.05) is 18.6 Å². The van der Waals surface area contributed by atoms with Gasteiger partial charge in [-0.25, -0.2) is 4.79 Å². The van der Waals surface area contributed by atoms with Gasteiger partial charge in [0.25, 0.3) is 5.91 Å². The summed E-state index contributed by atoms with van der Waals surface area (Å²) < 4.78 is 0. The molecule has 1 aromatic carbocycles. The van der Waals surface area contributed by atoms with Gasteiger partial charge < -0.3 is 5.32 Å². The first kappa shape index (κ1) is 13.0. The van der Waals surface area contributed by atoms with Crippen molar-refractivity contribution in [2.45, 2.75) is 12.5 Å². The second-order valence-corrected chi connectivity index (χ2v) is 5.36. The Balaban J connectivity index is 2.26. The lowest BCUT2D eigenvalue weighted by Gasteiger charge is -2.22. The Morgan fingerprint density at radius 1 is 1.28 bits per heavy atom. The van der Waals surface area contributed by atoms with Crippen molar-refractivity contribution in [3.8, 4) is 0 Å². The zero-order chi connectivity index (χ0) is 13.2. The largest absolute Gasteiger partial charge is 0.325 e. The molecule has 1 aliphatic rings. The molecule has 1 N–H and O–H groups in total. The van der Waals surface area contributed by atoms with Crippen LogP contribution >= 0.6 is 11.8 Å². The van der Waals surface area contributed by atoms with Crippen LogP contribution in [-0.4, -0.2) is 35.4 Å². The fraction of sp³-hybridized carbons (Fsp3) is 0.385. The van der Waals surface area contributed by atoms with Crippen molar-refractivity contribution >= 4 is 23.7 Å². The molecule has 3 amide bonds. The van der Waals surface area contributed by atoms with E-state index < -0.39 is 5.54 Å². The van der Waals surface area contributed by atoms with Gasteiger partial charge in [-0.1, -0.05) is 30.3 Å². The third kappa shape index (κ3) is 2.10. The third-order valence-corrected chi connectivity index (χ3v) is 3.74. The predicted octanol–water partition coefficient (Wildman–Crippen LogP) is 1.82. The number of amides is 3. The predicted molar refractivity (Wildman–Crippen MR) is 72.4 cm³/mol. The average Bonchev–Trinajstić information content (AvgIpc) is 2.60. The highest BCUT2D eigenvalue weighted by molar-refractivity contribution is 7.98. The number of imide groups is 1. The molecule has 0 unspecified atom stereocenters. The van der Waals surface area contributed by atoms with Gasteiger partial charge in [0.05, 0.1) is 0 Å². The molecular formula is C13H16N2O2S. The number of hydrogen-bond donors (Lipinski definition) is 1. The number of thioether (sulfide) groups is 1. The molecule has 1 heterocycles. The van der Waals surface area contributed by atoms with Crippen LogP contribution in [0.4, 0.5) is 4.79 Å². The first-order valence-electron chi connectivity index (χ1n) is 5.78. The summed E-state index contributed by atoms with van der Waals surface area (Å²) in [6.45, 7) is 2.20. The molecule has 0 radical (unpaired) electrons. The van der Waals surface area contributed by atoms with Crippen molar-refractivity contribution in [2.24, 2.45) is 0 Å². The van der Waals surface area contributed by atoms with E-state index in [0.717, 1.165) is 11.3 Å². The summed E-state index contributed by atoms with van der Waals surface area (Å²) >= 11 is 1.61. The van der Waals surface area contributed by atoms with Crippen molar-refractivity contribution in [1.82, 2.24) is 10.2 Å². The molecule has 0 aliphatic carbocycles. The quantitative estimate of drug-likeness (QED) is 0.844. The molecule has 96 valence electrons. The molecule has 5 heteroatoms. The molecule has 0 bridgehead atoms. The van der Waals surface area contributed by atoms with E-state index in [1.54, 1.807) is 18.7 Å². The van der Waals surface area contributed by atoms with Gasteiger partial charge in [0.15, 0.2) is 0 Å². The first-order valence-corrected chi connectivity index (χ1v) is 7.17. The van der Waals surface area contributed by atoms with E-state index in [0.29, 0.717) is 6.54 Å². The van der Waals surface area contributed by atoms with Gasteiger partial charge >= 0.3 is 6.03 Å². The summed E-state index contributed by atoms with van der Waals surface area (Å²) in [5.41, 5.74) is -0.119. The fourth-order valence-corrected chi connectivity index (χ4v) is 2.41. The first-order chi connectivity index (χ1) is 8.59. The van der Waals surface area contributed by atoms with E-state index >= 15 is 0 Å². The summed E-state index contributed by atoms with van der Waals surface area (Å²) in [5.74, 6) is 0.581. The summed E-state index contributed by atoms with van der Waals surface area (Å²) in [6, 6.07) is 9.03. The summed E-state index contributed by atoms with van der Waals surface area (Å²) in [7, 11) is 0. The number of nitrogens with zero attached hydrogens (tertiary/aromatic N) is 1. The summed E-state index contributed by atoms with van der Waals surface area (Å²) in [6.07, 6.45) is 1.95. The number of benzene rings is 1. The molecule has 0 saturated carbocycles. The van der Waals surface area contributed by atoms with Crippen molar-refractivity contribution in [3.63, 3.8) is 0 Å². The van der Waals surface area contributed by atoms with E-state index in [1.165, 1.54) is 4.90 Å². The Kier molecular flexibility index (Phi) is 3.61. The van der Waals surface area contributed by atoms with E-state index in [4.69, 9.17) is 0 Å². The summed E-state index contributed by atoms with van der Waals surface area (Å²) in [5, 5.41) is 2.78. The third-order valence-electron chi connectivity index (χ3n) is 3.15. The standard InChI is InChI=1S/C13H16N2O2S/c1-13(10-6-4-3-5-7-10)11(16)15(8-9-18-2)12(17)14-13/h3-7H,8-9H2,1-2H3,(H,14,17)/t13-/m0/s1. The normalized spacial score (nSPS) is 23.3. The SMILES string of the molecule is CSCCN1C(=O)N[C@@](C)(c2ccccc2)C1=O. The van der Waals surface area contributed by atoms with Crippen LogP contribution in [0.3, 0.4) is 0 Å². The smallest absolute Gasteiger partial charge is 0.319 e. The van der Waals surface area contributed by atoms with Gasteiger partial charge in [-0.05, 0) is 18.7 Å². The molecule has 0 aromatic heterocycles. The molecule has 18 heavy (non-hydrogen) atoms. The van der Waals surface area contributed by atoms with Gasteiger partial charge in [0.2, 0.25) is 0 Å². The van der Waals surface area contributed by atoms with Crippen LogP contribution in [0.1, 0.15) is 12.5 Å². The highest BCUT2D eigenvalue weighted by Gasteiger charge is 2.48. The number of rotatable bonds is 4. The minimum atomic E-state index is -0.934. The second kappa shape index (κ2) is 5.02. The van der Waals surface area contributed by atoms with Crippen molar-refractivity contribution in [1.29, 1.82) is 0 Å². The molecule has 1 saturated heterocycles. The van der Waals surface area contributed by atoms with Gasteiger partial charge in [-0.15, -0.1) is 0 Å². The van der Waals surface area contributed by atoms with Crippen LogP contribution in [0, 0.1) is 0 Å². The Bertz CT molecular complexity index is 463. The second-order valence-electron chi connectivity index (χ2n) is 4.37. The van der Waals surface area contributed by atoms with Crippen LogP contribution in [0.15, 0.2) is 30.3 Å². The zero-order valence-electron chi connectivity index (χ0n) is 10.5. The van der Waals surface area contributed by atoms with Gasteiger partial charge in [-0.2, -0.15) is 11.8 Å². The highest BCUT2D eigenvalue weighted by Crippen LogP contribution is 2.28. The molecule has 1 aliphatic heterocycles. The van der Waals surface area contributed by atoms with Crippen LogP contribution in [0.25, 0.3) is 0 Å². The van der Waals surface area contributed by atoms with E-state index in [1.807, 2.05) is 36.6 Å². The molecular weight excluding hydrogens is 248 g/mol. The van der Waals surface area contributed by atoms with Crippen molar-refractivity contribution in [3.05, 3.63) is 35.9 Å².